The summed E-state index contributed by atoms with van der Waals surface area (Å²) in [4.78, 5) is 9.55. The Hall–Kier alpha value is -1.03. The molecule has 0 saturated carbocycles. The first-order chi connectivity index (χ1) is 8.56. The molecule has 0 amide bonds. The topological polar surface area (TPSA) is 44.9 Å². The van der Waals surface area contributed by atoms with Gasteiger partial charge in [0.15, 0.2) is 5.96 Å². The van der Waals surface area contributed by atoms with Gasteiger partial charge >= 0.3 is 0 Å². The van der Waals surface area contributed by atoms with Gasteiger partial charge in [0.1, 0.15) is 0 Å². The number of hydrogen-bond donors (Lipinski definition) is 1. The van der Waals surface area contributed by atoms with Crippen molar-refractivity contribution < 1.29 is 0 Å². The maximum Gasteiger partial charge on any atom is 0.197 e. The third kappa shape index (κ3) is 3.25. The third-order valence-corrected chi connectivity index (χ3v) is 3.56. The lowest BCUT2D eigenvalue weighted by Crippen LogP contribution is -2.50. The van der Waals surface area contributed by atoms with Crippen molar-refractivity contribution in [3.05, 3.63) is 11.6 Å². The lowest BCUT2D eigenvalue weighted by Gasteiger charge is -2.35. The number of likely N-dealkylation sites (tertiary alicyclic amines) is 1. The van der Waals surface area contributed by atoms with Crippen molar-refractivity contribution in [3.8, 4) is 0 Å². The van der Waals surface area contributed by atoms with Gasteiger partial charge in [0.25, 0.3) is 0 Å². The SMILES string of the molecule is CC(C)=CCN1CC(C)N=C1N1CCCC(N)C1. The van der Waals surface area contributed by atoms with Gasteiger partial charge in [-0.2, -0.15) is 0 Å². The molecule has 0 radical (unpaired) electrons. The Bertz CT molecular complexity index is 344. The normalized spacial score (nSPS) is 28.3. The number of aliphatic imine (C=N–C) groups is 1. The lowest BCUT2D eigenvalue weighted by molar-refractivity contribution is 0.277. The van der Waals surface area contributed by atoms with Crippen LogP contribution in [-0.4, -0.2) is 54.0 Å². The molecule has 102 valence electrons. The Kier molecular flexibility index (Phi) is 4.27. The van der Waals surface area contributed by atoms with E-state index in [9.17, 15) is 0 Å². The molecule has 2 unspecified atom stereocenters. The molecule has 18 heavy (non-hydrogen) atoms. The van der Waals surface area contributed by atoms with Gasteiger partial charge in [0, 0.05) is 32.2 Å². The molecular weight excluding hydrogens is 224 g/mol. The van der Waals surface area contributed by atoms with Crippen molar-refractivity contribution in [2.45, 2.75) is 45.7 Å². The van der Waals surface area contributed by atoms with Crippen LogP contribution < -0.4 is 5.73 Å². The molecule has 2 atom stereocenters. The van der Waals surface area contributed by atoms with Crippen LogP contribution in [0.25, 0.3) is 0 Å². The summed E-state index contributed by atoms with van der Waals surface area (Å²) in [6.07, 6.45) is 4.61. The van der Waals surface area contributed by atoms with E-state index in [1.165, 1.54) is 12.0 Å². The summed E-state index contributed by atoms with van der Waals surface area (Å²) >= 11 is 0. The molecule has 0 aromatic rings. The van der Waals surface area contributed by atoms with Gasteiger partial charge in [-0.15, -0.1) is 0 Å². The zero-order valence-corrected chi connectivity index (χ0v) is 11.9. The summed E-state index contributed by atoms with van der Waals surface area (Å²) in [7, 11) is 0. The molecule has 0 bridgehead atoms. The van der Waals surface area contributed by atoms with E-state index in [4.69, 9.17) is 10.7 Å². The van der Waals surface area contributed by atoms with Crippen molar-refractivity contribution in [2.75, 3.05) is 26.2 Å². The molecule has 2 N–H and O–H groups in total. The van der Waals surface area contributed by atoms with Crippen molar-refractivity contribution in [1.82, 2.24) is 9.80 Å². The smallest absolute Gasteiger partial charge is 0.197 e. The fourth-order valence-corrected chi connectivity index (χ4v) is 2.64. The van der Waals surface area contributed by atoms with Gasteiger partial charge in [-0.25, -0.2) is 4.99 Å². The third-order valence-electron chi connectivity index (χ3n) is 3.56. The summed E-state index contributed by atoms with van der Waals surface area (Å²) in [6, 6.07) is 0.714. The highest BCUT2D eigenvalue weighted by molar-refractivity contribution is 5.82. The van der Waals surface area contributed by atoms with Crippen molar-refractivity contribution >= 4 is 5.96 Å². The van der Waals surface area contributed by atoms with E-state index in [1.807, 2.05) is 0 Å². The zero-order chi connectivity index (χ0) is 13.1. The van der Waals surface area contributed by atoms with E-state index < -0.39 is 0 Å². The quantitative estimate of drug-likeness (QED) is 0.754. The first kappa shape index (κ1) is 13.4. The van der Waals surface area contributed by atoms with Crippen molar-refractivity contribution in [1.29, 1.82) is 0 Å². The standard InChI is InChI=1S/C14H26N4/c1-11(2)6-8-18-9-12(3)16-14(18)17-7-4-5-13(15)10-17/h6,12-13H,4-5,7-10,15H2,1-3H3. The Morgan fingerprint density at radius 3 is 2.89 bits per heavy atom. The van der Waals surface area contributed by atoms with Crippen LogP contribution in [0, 0.1) is 0 Å². The summed E-state index contributed by atoms with van der Waals surface area (Å²) in [5.74, 6) is 1.16. The molecule has 2 rings (SSSR count). The van der Waals surface area contributed by atoms with E-state index in [2.05, 4.69) is 36.6 Å². The Balaban J connectivity index is 2.03. The van der Waals surface area contributed by atoms with E-state index in [0.29, 0.717) is 12.1 Å². The highest BCUT2D eigenvalue weighted by Gasteiger charge is 2.28. The lowest BCUT2D eigenvalue weighted by atomic mass is 10.1. The van der Waals surface area contributed by atoms with Crippen LogP contribution in [0.2, 0.25) is 0 Å². The van der Waals surface area contributed by atoms with Gasteiger partial charge in [-0.3, -0.25) is 0 Å². The molecule has 0 aromatic carbocycles. The summed E-state index contributed by atoms with van der Waals surface area (Å²) in [5, 5.41) is 0. The maximum atomic E-state index is 6.07. The van der Waals surface area contributed by atoms with Crippen LogP contribution in [0.15, 0.2) is 16.6 Å². The molecule has 2 aliphatic rings. The molecule has 2 aliphatic heterocycles. The van der Waals surface area contributed by atoms with Crippen LogP contribution in [-0.2, 0) is 0 Å². The number of hydrogen-bond acceptors (Lipinski definition) is 4. The van der Waals surface area contributed by atoms with Gasteiger partial charge in [-0.1, -0.05) is 11.6 Å². The predicted octanol–water partition coefficient (Wildman–Crippen LogP) is 1.44. The Morgan fingerprint density at radius 2 is 2.22 bits per heavy atom. The predicted molar refractivity (Wildman–Crippen MR) is 76.7 cm³/mol. The minimum Gasteiger partial charge on any atom is -0.341 e. The second-order valence-corrected chi connectivity index (χ2v) is 5.81. The van der Waals surface area contributed by atoms with Crippen LogP contribution in [0.5, 0.6) is 0 Å². The van der Waals surface area contributed by atoms with Gasteiger partial charge in [-0.05, 0) is 33.6 Å². The van der Waals surface area contributed by atoms with Crippen LogP contribution in [0.1, 0.15) is 33.6 Å². The molecule has 0 spiro atoms. The van der Waals surface area contributed by atoms with Gasteiger partial charge < -0.3 is 15.5 Å². The maximum absolute atomic E-state index is 6.07. The molecular formula is C14H26N4. The fourth-order valence-electron chi connectivity index (χ4n) is 2.64. The number of piperidine rings is 1. The number of nitrogens with two attached hydrogens (primary N) is 1. The van der Waals surface area contributed by atoms with Gasteiger partial charge in [0.2, 0.25) is 0 Å². The molecule has 2 heterocycles. The molecule has 4 heteroatoms. The highest BCUT2D eigenvalue weighted by Crippen LogP contribution is 2.17. The van der Waals surface area contributed by atoms with E-state index >= 15 is 0 Å². The Morgan fingerprint density at radius 1 is 1.44 bits per heavy atom. The number of guanidine groups is 1. The number of rotatable bonds is 2. The fraction of sp³-hybridized carbons (Fsp3) is 0.786. The van der Waals surface area contributed by atoms with Crippen LogP contribution >= 0.6 is 0 Å². The van der Waals surface area contributed by atoms with E-state index in [-0.39, 0.29) is 0 Å². The summed E-state index contributed by atoms with van der Waals surface area (Å²) in [6.45, 7) is 10.5. The van der Waals surface area contributed by atoms with Crippen LogP contribution in [0.4, 0.5) is 0 Å². The average molecular weight is 250 g/mol. The molecule has 4 nitrogen and oxygen atoms in total. The molecule has 0 aliphatic carbocycles. The molecule has 0 aromatic heterocycles. The van der Waals surface area contributed by atoms with Crippen molar-refractivity contribution in [2.24, 2.45) is 10.7 Å². The largest absolute Gasteiger partial charge is 0.341 e. The second kappa shape index (κ2) is 5.74. The van der Waals surface area contributed by atoms with Crippen molar-refractivity contribution in [3.63, 3.8) is 0 Å². The molecule has 1 fully saturated rings. The first-order valence-corrected chi connectivity index (χ1v) is 7.03. The monoisotopic (exact) mass is 250 g/mol. The minimum atomic E-state index is 0.308. The average Bonchev–Trinajstić information content (AvgIpc) is 2.68. The highest BCUT2D eigenvalue weighted by atomic mass is 15.4. The number of nitrogens with zero attached hydrogens (tertiary/aromatic N) is 3. The number of allylic oxidation sites excluding steroid dienone is 1. The van der Waals surface area contributed by atoms with Crippen LogP contribution in [0.3, 0.4) is 0 Å². The first-order valence-electron chi connectivity index (χ1n) is 7.03. The molecule has 1 saturated heterocycles. The Labute approximate surface area is 111 Å². The second-order valence-electron chi connectivity index (χ2n) is 5.81. The summed E-state index contributed by atoms with van der Waals surface area (Å²) in [5.41, 5.74) is 7.43. The minimum absolute atomic E-state index is 0.308. The summed E-state index contributed by atoms with van der Waals surface area (Å²) < 4.78 is 0. The van der Waals surface area contributed by atoms with E-state index in [1.54, 1.807) is 0 Å². The van der Waals surface area contributed by atoms with E-state index in [0.717, 1.165) is 38.6 Å². The van der Waals surface area contributed by atoms with Gasteiger partial charge in [0.05, 0.1) is 6.04 Å². The zero-order valence-electron chi connectivity index (χ0n) is 11.9.